The molecule has 0 aliphatic rings. The molecule has 22 heavy (non-hydrogen) atoms. The predicted molar refractivity (Wildman–Crippen MR) is 93.8 cm³/mol. The SMILES string of the molecule is CC(C)(C)CC(C)(C)c1ccc(CF)c(-c2ccccc2)c1. The molecule has 1 heteroatoms. The van der Waals surface area contributed by atoms with Gasteiger partial charge in [0.1, 0.15) is 6.67 Å². The fourth-order valence-corrected chi connectivity index (χ4v) is 3.43. The highest BCUT2D eigenvalue weighted by atomic mass is 19.1. The lowest BCUT2D eigenvalue weighted by Gasteiger charge is -2.33. The summed E-state index contributed by atoms with van der Waals surface area (Å²) in [6.07, 6.45) is 1.09. The molecule has 0 heterocycles. The average Bonchev–Trinajstić information content (AvgIpc) is 2.45. The molecule has 0 aliphatic heterocycles. The molecule has 2 rings (SSSR count). The van der Waals surface area contributed by atoms with Gasteiger partial charge in [0, 0.05) is 0 Å². The summed E-state index contributed by atoms with van der Waals surface area (Å²) >= 11 is 0. The van der Waals surface area contributed by atoms with Crippen LogP contribution in [0.15, 0.2) is 48.5 Å². The van der Waals surface area contributed by atoms with Crippen LogP contribution in [-0.2, 0) is 12.1 Å². The minimum Gasteiger partial charge on any atom is -0.246 e. The van der Waals surface area contributed by atoms with Crippen LogP contribution in [0.2, 0.25) is 0 Å². The first-order chi connectivity index (χ1) is 10.2. The van der Waals surface area contributed by atoms with Crippen LogP contribution in [0.25, 0.3) is 11.1 Å². The number of hydrogen-bond donors (Lipinski definition) is 0. The summed E-state index contributed by atoms with van der Waals surface area (Å²) in [5, 5.41) is 0. The molecule has 2 aromatic rings. The van der Waals surface area contributed by atoms with Gasteiger partial charge in [-0.05, 0) is 39.5 Å². The van der Waals surface area contributed by atoms with Gasteiger partial charge in [-0.1, -0.05) is 83.1 Å². The van der Waals surface area contributed by atoms with Crippen molar-refractivity contribution in [3.8, 4) is 11.1 Å². The van der Waals surface area contributed by atoms with Gasteiger partial charge in [0.25, 0.3) is 0 Å². The first-order valence-electron chi connectivity index (χ1n) is 7.98. The van der Waals surface area contributed by atoms with Crippen molar-refractivity contribution < 1.29 is 4.39 Å². The fourth-order valence-electron chi connectivity index (χ4n) is 3.43. The van der Waals surface area contributed by atoms with E-state index in [1.165, 1.54) is 5.56 Å². The van der Waals surface area contributed by atoms with Crippen LogP contribution < -0.4 is 0 Å². The number of alkyl halides is 1. The summed E-state index contributed by atoms with van der Waals surface area (Å²) < 4.78 is 13.4. The molecule has 118 valence electrons. The third-order valence-electron chi connectivity index (χ3n) is 4.09. The van der Waals surface area contributed by atoms with E-state index in [1.807, 2.05) is 24.3 Å². The second kappa shape index (κ2) is 6.24. The molecule has 0 bridgehead atoms. The molecule has 0 fully saturated rings. The Labute approximate surface area is 134 Å². The first kappa shape index (κ1) is 16.7. The summed E-state index contributed by atoms with van der Waals surface area (Å²) in [5.74, 6) is 0. The minimum absolute atomic E-state index is 0.0661. The van der Waals surface area contributed by atoms with Crippen LogP contribution >= 0.6 is 0 Å². The summed E-state index contributed by atoms with van der Waals surface area (Å²) in [6, 6.07) is 16.3. The van der Waals surface area contributed by atoms with Gasteiger partial charge in [-0.15, -0.1) is 0 Å². The summed E-state index contributed by atoms with van der Waals surface area (Å²) in [5.41, 5.74) is 4.47. The van der Waals surface area contributed by atoms with Crippen molar-refractivity contribution >= 4 is 0 Å². The fraction of sp³-hybridized carbons (Fsp3) is 0.429. The lowest BCUT2D eigenvalue weighted by atomic mass is 9.71. The Hall–Kier alpha value is -1.63. The average molecular weight is 298 g/mol. The summed E-state index contributed by atoms with van der Waals surface area (Å²) in [4.78, 5) is 0. The van der Waals surface area contributed by atoms with Crippen molar-refractivity contribution in [1.82, 2.24) is 0 Å². The second-order valence-corrected chi connectivity index (χ2v) is 7.99. The molecule has 0 aromatic heterocycles. The Morgan fingerprint density at radius 3 is 2.05 bits per heavy atom. The van der Waals surface area contributed by atoms with E-state index < -0.39 is 6.67 Å². The van der Waals surface area contributed by atoms with Crippen molar-refractivity contribution in [2.45, 2.75) is 53.1 Å². The van der Waals surface area contributed by atoms with E-state index in [0.29, 0.717) is 0 Å². The van der Waals surface area contributed by atoms with Gasteiger partial charge in [-0.3, -0.25) is 0 Å². The molecule has 0 N–H and O–H groups in total. The van der Waals surface area contributed by atoms with E-state index in [0.717, 1.165) is 23.1 Å². The number of hydrogen-bond acceptors (Lipinski definition) is 0. The molecule has 0 aliphatic carbocycles. The zero-order chi connectivity index (χ0) is 16.4. The first-order valence-corrected chi connectivity index (χ1v) is 7.98. The van der Waals surface area contributed by atoms with Crippen LogP contribution in [0.4, 0.5) is 4.39 Å². The Morgan fingerprint density at radius 1 is 0.864 bits per heavy atom. The Morgan fingerprint density at radius 2 is 1.50 bits per heavy atom. The number of rotatable bonds is 4. The van der Waals surface area contributed by atoms with Gasteiger partial charge >= 0.3 is 0 Å². The maximum absolute atomic E-state index is 13.4. The monoisotopic (exact) mass is 298 g/mol. The van der Waals surface area contributed by atoms with E-state index in [2.05, 4.69) is 58.9 Å². The van der Waals surface area contributed by atoms with Gasteiger partial charge < -0.3 is 0 Å². The molecular weight excluding hydrogens is 271 g/mol. The minimum atomic E-state index is -0.426. The van der Waals surface area contributed by atoms with Crippen LogP contribution in [0.5, 0.6) is 0 Å². The predicted octanol–water partition coefficient (Wildman–Crippen LogP) is 6.54. The molecule has 0 saturated heterocycles. The van der Waals surface area contributed by atoms with Crippen molar-refractivity contribution in [1.29, 1.82) is 0 Å². The highest BCUT2D eigenvalue weighted by molar-refractivity contribution is 5.68. The molecule has 0 unspecified atom stereocenters. The van der Waals surface area contributed by atoms with Crippen LogP contribution in [0.3, 0.4) is 0 Å². The molecule has 2 aromatic carbocycles. The Bertz CT molecular complexity index is 618. The zero-order valence-electron chi connectivity index (χ0n) is 14.4. The van der Waals surface area contributed by atoms with Crippen molar-refractivity contribution in [2.24, 2.45) is 5.41 Å². The van der Waals surface area contributed by atoms with Crippen molar-refractivity contribution in [3.63, 3.8) is 0 Å². The highest BCUT2D eigenvalue weighted by Crippen LogP contribution is 2.38. The van der Waals surface area contributed by atoms with E-state index in [-0.39, 0.29) is 10.8 Å². The van der Waals surface area contributed by atoms with E-state index in [4.69, 9.17) is 0 Å². The smallest absolute Gasteiger partial charge is 0.115 e. The molecule has 0 amide bonds. The van der Waals surface area contributed by atoms with Gasteiger partial charge in [-0.2, -0.15) is 0 Å². The third-order valence-corrected chi connectivity index (χ3v) is 4.09. The lowest BCUT2D eigenvalue weighted by molar-refractivity contribution is 0.284. The standard InChI is InChI=1S/C21H27F/c1-20(2,3)15-21(4,5)18-12-11-17(14-22)19(13-18)16-9-7-6-8-10-16/h6-13H,14-15H2,1-5H3. The van der Waals surface area contributed by atoms with Crippen LogP contribution in [-0.4, -0.2) is 0 Å². The number of benzene rings is 2. The van der Waals surface area contributed by atoms with E-state index in [1.54, 1.807) is 0 Å². The lowest BCUT2D eigenvalue weighted by Crippen LogP contribution is -2.24. The van der Waals surface area contributed by atoms with E-state index >= 15 is 0 Å². The normalized spacial score (nSPS) is 12.5. The summed E-state index contributed by atoms with van der Waals surface area (Å²) in [6.45, 7) is 10.9. The Balaban J connectivity index is 2.48. The molecule has 0 radical (unpaired) electrons. The van der Waals surface area contributed by atoms with Gasteiger partial charge in [0.15, 0.2) is 0 Å². The van der Waals surface area contributed by atoms with E-state index in [9.17, 15) is 4.39 Å². The van der Waals surface area contributed by atoms with Crippen LogP contribution in [0.1, 0.15) is 52.2 Å². The second-order valence-electron chi connectivity index (χ2n) is 7.99. The largest absolute Gasteiger partial charge is 0.246 e. The van der Waals surface area contributed by atoms with Crippen LogP contribution in [0, 0.1) is 5.41 Å². The van der Waals surface area contributed by atoms with Gasteiger partial charge in [0.2, 0.25) is 0 Å². The van der Waals surface area contributed by atoms with Crippen molar-refractivity contribution in [2.75, 3.05) is 0 Å². The van der Waals surface area contributed by atoms with Crippen molar-refractivity contribution in [3.05, 3.63) is 59.7 Å². The molecular formula is C21H27F. The maximum Gasteiger partial charge on any atom is 0.115 e. The molecule has 0 atom stereocenters. The van der Waals surface area contributed by atoms with Gasteiger partial charge in [-0.25, -0.2) is 4.39 Å². The quantitative estimate of drug-likeness (QED) is 0.601. The highest BCUT2D eigenvalue weighted by Gasteiger charge is 2.27. The number of halogens is 1. The van der Waals surface area contributed by atoms with Gasteiger partial charge in [0.05, 0.1) is 0 Å². The topological polar surface area (TPSA) is 0 Å². The molecule has 0 saturated carbocycles. The summed E-state index contributed by atoms with van der Waals surface area (Å²) in [7, 11) is 0. The molecule has 0 nitrogen and oxygen atoms in total. The Kier molecular flexibility index (Phi) is 4.75. The zero-order valence-corrected chi connectivity index (χ0v) is 14.4. The third kappa shape index (κ3) is 3.97. The maximum atomic E-state index is 13.4. The molecule has 0 spiro atoms.